The first-order valence-corrected chi connectivity index (χ1v) is 12.3. The van der Waals surface area contributed by atoms with E-state index in [9.17, 15) is 14.0 Å². The van der Waals surface area contributed by atoms with Gasteiger partial charge in [0.25, 0.3) is 0 Å². The zero-order valence-corrected chi connectivity index (χ0v) is 23.0. The molecule has 13 heteroatoms. The largest absolute Gasteiger partial charge is 0.465 e. The van der Waals surface area contributed by atoms with E-state index in [1.807, 2.05) is 0 Å². The molecule has 0 bridgehead atoms. The second-order valence-corrected chi connectivity index (χ2v) is 10.9. The van der Waals surface area contributed by atoms with Gasteiger partial charge in [0.2, 0.25) is 5.95 Å². The maximum atomic E-state index is 14.8. The summed E-state index contributed by atoms with van der Waals surface area (Å²) in [5.74, 6) is -0.984. The van der Waals surface area contributed by atoms with Crippen molar-refractivity contribution in [2.75, 3.05) is 24.8 Å². The highest BCUT2D eigenvalue weighted by atomic mass is 19.1. The summed E-state index contributed by atoms with van der Waals surface area (Å²) in [7, 11) is 4.84. The Morgan fingerprint density at radius 3 is 2.37 bits per heavy atom. The van der Waals surface area contributed by atoms with Crippen molar-refractivity contribution < 1.29 is 13.9 Å². The number of ether oxygens (including phenoxy) is 1. The molecule has 1 fully saturated rings. The number of benzene rings is 1. The predicted molar refractivity (Wildman–Crippen MR) is 141 cm³/mol. The van der Waals surface area contributed by atoms with Crippen LogP contribution < -0.4 is 16.3 Å². The summed E-state index contributed by atoms with van der Waals surface area (Å²) in [6, 6.07) is 3.15. The predicted octanol–water partition coefficient (Wildman–Crippen LogP) is 2.80. The van der Waals surface area contributed by atoms with Gasteiger partial charge >= 0.3 is 11.7 Å². The van der Waals surface area contributed by atoms with E-state index < -0.39 is 17.5 Å². The Morgan fingerprint density at radius 1 is 1.13 bits per heavy atom. The Kier molecular flexibility index (Phi) is 6.99. The van der Waals surface area contributed by atoms with E-state index in [2.05, 4.69) is 70.7 Å². The van der Waals surface area contributed by atoms with Crippen LogP contribution >= 0.6 is 0 Å². The fourth-order valence-electron chi connectivity index (χ4n) is 5.10. The number of methoxy groups -OCH3 is 1. The minimum atomic E-state index is -0.598. The van der Waals surface area contributed by atoms with Crippen molar-refractivity contribution in [3.05, 3.63) is 45.8 Å². The van der Waals surface area contributed by atoms with Crippen LogP contribution in [0.3, 0.4) is 0 Å². The molecule has 1 aromatic carbocycles. The van der Waals surface area contributed by atoms with Crippen LogP contribution in [0.25, 0.3) is 5.69 Å². The third-order valence-electron chi connectivity index (χ3n) is 7.38. The molecule has 2 aromatic heterocycles. The van der Waals surface area contributed by atoms with E-state index in [1.165, 1.54) is 14.2 Å². The lowest BCUT2D eigenvalue weighted by Gasteiger charge is -2.53. The monoisotopic (exact) mass is 527 g/mol. The number of carbonyl (C=O) groups is 1. The number of rotatable bonds is 6. The normalized spacial score (nSPS) is 17.3. The summed E-state index contributed by atoms with van der Waals surface area (Å²) >= 11 is 0. The molecule has 0 amide bonds. The van der Waals surface area contributed by atoms with Crippen molar-refractivity contribution >= 4 is 23.4 Å². The quantitative estimate of drug-likeness (QED) is 0.461. The number of tetrazole rings is 1. The lowest BCUT2D eigenvalue weighted by molar-refractivity contribution is -0.00778. The molecule has 12 nitrogen and oxygen atoms in total. The molecule has 38 heavy (non-hydrogen) atoms. The van der Waals surface area contributed by atoms with E-state index >= 15 is 0 Å². The number of esters is 1. The zero-order valence-electron chi connectivity index (χ0n) is 23.0. The summed E-state index contributed by atoms with van der Waals surface area (Å²) in [5.41, 5.74) is 0.707. The molecular weight excluding hydrogens is 493 g/mol. The molecule has 3 aromatic rings. The standard InChI is InChI=1S/C25H34FN9O3/c1-14-17(21(36)38-8)9-15(10-19(14)35-23(37)33(6)31-32-35)29-22-27-13-18(26)20(30-22)28-16-11-24(2,3)34(7)25(4,5)12-16/h9-10,13,16H,11-12H2,1-8H3,(H2,27,28,29,30). The number of hydrogen-bond acceptors (Lipinski definition) is 10. The van der Waals surface area contributed by atoms with Crippen LogP contribution in [0.2, 0.25) is 0 Å². The van der Waals surface area contributed by atoms with Crippen LogP contribution in [-0.4, -0.2) is 71.9 Å². The molecule has 4 rings (SSSR count). The first-order chi connectivity index (χ1) is 17.7. The second kappa shape index (κ2) is 9.78. The van der Waals surface area contributed by atoms with Gasteiger partial charge in [0.1, 0.15) is 0 Å². The summed E-state index contributed by atoms with van der Waals surface area (Å²) < 4.78 is 21.9. The lowest BCUT2D eigenvalue weighted by Crippen LogP contribution is -2.61. The Hall–Kier alpha value is -3.87. The summed E-state index contributed by atoms with van der Waals surface area (Å²) in [5, 5.41) is 13.9. The number of likely N-dealkylation sites (tertiary alicyclic amines) is 1. The minimum absolute atomic E-state index is 0.00566. The number of anilines is 3. The van der Waals surface area contributed by atoms with E-state index in [1.54, 1.807) is 19.1 Å². The number of nitrogens with one attached hydrogen (secondary N) is 2. The van der Waals surface area contributed by atoms with Crippen molar-refractivity contribution in [1.82, 2.24) is 34.7 Å². The number of piperidine rings is 1. The molecule has 0 saturated carbocycles. The Bertz CT molecular complexity index is 1410. The molecular formula is C25H34FN9O3. The average Bonchev–Trinajstić information content (AvgIpc) is 3.17. The summed E-state index contributed by atoms with van der Waals surface area (Å²) in [6.45, 7) is 10.3. The van der Waals surface area contributed by atoms with Gasteiger partial charge in [-0.05, 0) is 82.6 Å². The molecule has 2 N–H and O–H groups in total. The van der Waals surface area contributed by atoms with Gasteiger partial charge in [0.15, 0.2) is 11.6 Å². The number of aromatic nitrogens is 6. The first-order valence-electron chi connectivity index (χ1n) is 12.3. The first kappa shape index (κ1) is 27.2. The van der Waals surface area contributed by atoms with Gasteiger partial charge < -0.3 is 15.4 Å². The molecule has 0 radical (unpaired) electrons. The topological polar surface area (TPSA) is 132 Å². The molecule has 0 aliphatic carbocycles. The lowest BCUT2D eigenvalue weighted by atomic mass is 9.77. The number of halogens is 1. The van der Waals surface area contributed by atoms with E-state index in [0.29, 0.717) is 16.9 Å². The van der Waals surface area contributed by atoms with Crippen LogP contribution in [0.5, 0.6) is 0 Å². The van der Waals surface area contributed by atoms with Crippen LogP contribution in [0, 0.1) is 12.7 Å². The Morgan fingerprint density at radius 2 is 1.79 bits per heavy atom. The average molecular weight is 528 g/mol. The Balaban J connectivity index is 1.67. The van der Waals surface area contributed by atoms with Gasteiger partial charge in [-0.25, -0.2) is 19.0 Å². The van der Waals surface area contributed by atoms with E-state index in [4.69, 9.17) is 4.74 Å². The maximum Gasteiger partial charge on any atom is 0.368 e. The van der Waals surface area contributed by atoms with Crippen LogP contribution in [0.4, 0.5) is 21.8 Å². The third-order valence-corrected chi connectivity index (χ3v) is 7.38. The highest BCUT2D eigenvalue weighted by Crippen LogP contribution is 2.38. The molecule has 3 heterocycles. The fraction of sp³-hybridized carbons (Fsp3) is 0.520. The van der Waals surface area contributed by atoms with Crippen molar-refractivity contribution in [3.8, 4) is 5.69 Å². The van der Waals surface area contributed by atoms with E-state index in [0.717, 1.165) is 28.4 Å². The highest BCUT2D eigenvalue weighted by molar-refractivity contribution is 5.93. The van der Waals surface area contributed by atoms with Gasteiger partial charge in [-0.1, -0.05) is 0 Å². The molecule has 1 aliphatic heterocycles. The molecule has 0 atom stereocenters. The maximum absolute atomic E-state index is 14.8. The van der Waals surface area contributed by atoms with Gasteiger partial charge in [-0.2, -0.15) is 14.3 Å². The van der Waals surface area contributed by atoms with Gasteiger partial charge in [0, 0.05) is 29.9 Å². The van der Waals surface area contributed by atoms with Crippen LogP contribution in [-0.2, 0) is 11.8 Å². The number of aryl methyl sites for hydroxylation is 1. The fourth-order valence-corrected chi connectivity index (χ4v) is 5.10. The van der Waals surface area contributed by atoms with Gasteiger partial charge in [0.05, 0.1) is 24.6 Å². The zero-order chi connectivity index (χ0) is 28.0. The Labute approximate surface area is 220 Å². The van der Waals surface area contributed by atoms with Crippen molar-refractivity contribution in [2.45, 2.75) is 64.6 Å². The minimum Gasteiger partial charge on any atom is -0.465 e. The second-order valence-electron chi connectivity index (χ2n) is 10.9. The number of hydrogen-bond donors (Lipinski definition) is 2. The molecule has 0 spiro atoms. The summed E-state index contributed by atoms with van der Waals surface area (Å²) in [6.07, 6.45) is 2.69. The van der Waals surface area contributed by atoms with Crippen molar-refractivity contribution in [2.24, 2.45) is 7.05 Å². The van der Waals surface area contributed by atoms with E-state index in [-0.39, 0.29) is 34.4 Å². The van der Waals surface area contributed by atoms with Crippen LogP contribution in [0.1, 0.15) is 56.5 Å². The van der Waals surface area contributed by atoms with Crippen molar-refractivity contribution in [1.29, 1.82) is 0 Å². The molecule has 0 unspecified atom stereocenters. The number of nitrogens with zero attached hydrogens (tertiary/aromatic N) is 7. The van der Waals surface area contributed by atoms with Crippen molar-refractivity contribution in [3.63, 3.8) is 0 Å². The third kappa shape index (κ3) is 5.10. The van der Waals surface area contributed by atoms with Gasteiger partial charge in [-0.3, -0.25) is 4.90 Å². The number of carbonyl (C=O) groups excluding carboxylic acids is 1. The smallest absolute Gasteiger partial charge is 0.368 e. The molecule has 1 saturated heterocycles. The SMILES string of the molecule is COC(=O)c1cc(Nc2ncc(F)c(NC3CC(C)(C)N(C)C(C)(C)C3)n2)cc(-n2nnn(C)c2=O)c1C. The summed E-state index contributed by atoms with van der Waals surface area (Å²) in [4.78, 5) is 35.8. The molecule has 204 valence electrons. The van der Waals surface area contributed by atoms with Crippen LogP contribution in [0.15, 0.2) is 23.1 Å². The highest BCUT2D eigenvalue weighted by Gasteiger charge is 2.43. The molecule has 1 aliphatic rings. The van der Waals surface area contributed by atoms with Gasteiger partial charge in [-0.15, -0.1) is 0 Å².